The zero-order chi connectivity index (χ0) is 19.8. The Morgan fingerprint density at radius 1 is 1.11 bits per heavy atom. The summed E-state index contributed by atoms with van der Waals surface area (Å²) in [6.07, 6.45) is -1.68. The summed E-state index contributed by atoms with van der Waals surface area (Å²) >= 11 is 0. The topological polar surface area (TPSA) is 100 Å². The third-order valence-electron chi connectivity index (χ3n) is 4.06. The maximum absolute atomic E-state index is 12.0. The van der Waals surface area contributed by atoms with Gasteiger partial charge in [0.15, 0.2) is 6.10 Å². The van der Waals surface area contributed by atoms with Crippen LogP contribution in [0.15, 0.2) is 30.3 Å². The maximum atomic E-state index is 12.0. The van der Waals surface area contributed by atoms with Crippen molar-refractivity contribution in [3.05, 3.63) is 35.9 Å². The van der Waals surface area contributed by atoms with Crippen LogP contribution >= 0.6 is 0 Å². The lowest BCUT2D eigenvalue weighted by Gasteiger charge is -2.37. The first-order valence-corrected chi connectivity index (χ1v) is 8.82. The summed E-state index contributed by atoms with van der Waals surface area (Å²) in [6, 6.07) is 8.95. The van der Waals surface area contributed by atoms with E-state index in [1.54, 1.807) is 6.92 Å². The van der Waals surface area contributed by atoms with Gasteiger partial charge < -0.3 is 24.3 Å². The van der Waals surface area contributed by atoms with Gasteiger partial charge in [0.2, 0.25) is 6.29 Å². The molecule has 0 aliphatic carbocycles. The second-order valence-electron chi connectivity index (χ2n) is 6.37. The Labute approximate surface area is 158 Å². The second-order valence-corrected chi connectivity index (χ2v) is 6.37. The van der Waals surface area contributed by atoms with Gasteiger partial charge in [0.05, 0.1) is 12.1 Å². The molecule has 1 aromatic rings. The summed E-state index contributed by atoms with van der Waals surface area (Å²) in [5, 5.41) is 2.71. The Hall–Kier alpha value is -2.61. The van der Waals surface area contributed by atoms with Crippen molar-refractivity contribution >= 4 is 18.0 Å². The van der Waals surface area contributed by atoms with Crippen molar-refractivity contribution in [2.45, 2.75) is 64.8 Å². The first kappa shape index (κ1) is 20.7. The number of nitrogens with one attached hydrogen (secondary N) is 1. The number of hydrogen-bond acceptors (Lipinski definition) is 7. The van der Waals surface area contributed by atoms with Crippen LogP contribution in [0.1, 0.15) is 39.2 Å². The Morgan fingerprint density at radius 3 is 2.41 bits per heavy atom. The molecule has 0 saturated carbocycles. The molecule has 2 rings (SSSR count). The number of benzene rings is 1. The van der Waals surface area contributed by atoms with Crippen molar-refractivity contribution in [1.29, 1.82) is 0 Å². The van der Waals surface area contributed by atoms with Crippen molar-refractivity contribution < 1.29 is 33.3 Å². The number of amides is 1. The highest BCUT2D eigenvalue weighted by molar-refractivity contribution is 5.68. The zero-order valence-electron chi connectivity index (χ0n) is 15.7. The van der Waals surface area contributed by atoms with Gasteiger partial charge in [0.25, 0.3) is 0 Å². The van der Waals surface area contributed by atoms with Gasteiger partial charge in [-0.25, -0.2) is 4.79 Å². The molecule has 1 aromatic carbocycles. The highest BCUT2D eigenvalue weighted by Gasteiger charge is 2.38. The average molecular weight is 379 g/mol. The van der Waals surface area contributed by atoms with E-state index in [0.717, 1.165) is 5.56 Å². The lowest BCUT2D eigenvalue weighted by molar-refractivity contribution is -0.244. The highest BCUT2D eigenvalue weighted by atomic mass is 16.7. The van der Waals surface area contributed by atoms with Crippen LogP contribution in [0.2, 0.25) is 0 Å². The van der Waals surface area contributed by atoms with E-state index in [2.05, 4.69) is 5.32 Å². The molecule has 0 bridgehead atoms. The van der Waals surface area contributed by atoms with E-state index >= 15 is 0 Å². The van der Waals surface area contributed by atoms with E-state index in [1.807, 2.05) is 30.3 Å². The summed E-state index contributed by atoms with van der Waals surface area (Å²) < 4.78 is 21.2. The molecular weight excluding hydrogens is 354 g/mol. The lowest BCUT2D eigenvalue weighted by atomic mass is 10.0. The molecule has 0 aromatic heterocycles. The predicted molar refractivity (Wildman–Crippen MR) is 94.4 cm³/mol. The predicted octanol–water partition coefficient (Wildman–Crippen LogP) is 2.30. The molecule has 1 heterocycles. The highest BCUT2D eigenvalue weighted by Crippen LogP contribution is 2.25. The van der Waals surface area contributed by atoms with Gasteiger partial charge in [-0.1, -0.05) is 30.3 Å². The van der Waals surface area contributed by atoms with Crippen LogP contribution in [-0.4, -0.2) is 42.6 Å². The quantitative estimate of drug-likeness (QED) is 0.598. The fourth-order valence-electron chi connectivity index (χ4n) is 2.80. The SMILES string of the molecule is CC(=O)OC1CCC(C(C)NC(=O)OCc2ccccc2)OC1OC(C)=O. The van der Waals surface area contributed by atoms with Crippen LogP contribution in [0.25, 0.3) is 0 Å². The molecular formula is C19H25NO7. The van der Waals surface area contributed by atoms with E-state index in [9.17, 15) is 14.4 Å². The molecule has 0 radical (unpaired) electrons. The molecule has 4 atom stereocenters. The number of rotatable bonds is 6. The molecule has 8 nitrogen and oxygen atoms in total. The van der Waals surface area contributed by atoms with Gasteiger partial charge >= 0.3 is 18.0 Å². The Bertz CT molecular complexity index is 649. The summed E-state index contributed by atoms with van der Waals surface area (Å²) in [4.78, 5) is 34.5. The second kappa shape index (κ2) is 9.91. The molecule has 8 heteroatoms. The molecule has 148 valence electrons. The van der Waals surface area contributed by atoms with Crippen molar-refractivity contribution in [2.24, 2.45) is 0 Å². The molecule has 1 amide bonds. The number of carbonyl (C=O) groups is 3. The van der Waals surface area contributed by atoms with Crippen LogP contribution in [-0.2, 0) is 35.1 Å². The van der Waals surface area contributed by atoms with Crippen LogP contribution in [0, 0.1) is 0 Å². The molecule has 1 fully saturated rings. The van der Waals surface area contributed by atoms with Gasteiger partial charge in [0.1, 0.15) is 6.61 Å². The van der Waals surface area contributed by atoms with Gasteiger partial charge in [0, 0.05) is 13.8 Å². The van der Waals surface area contributed by atoms with E-state index < -0.39 is 36.5 Å². The number of ether oxygens (including phenoxy) is 4. The Morgan fingerprint density at radius 2 is 1.78 bits per heavy atom. The Balaban J connectivity index is 1.85. The van der Waals surface area contributed by atoms with Crippen LogP contribution in [0.3, 0.4) is 0 Å². The van der Waals surface area contributed by atoms with E-state index in [4.69, 9.17) is 18.9 Å². The zero-order valence-corrected chi connectivity index (χ0v) is 15.7. The first-order valence-electron chi connectivity index (χ1n) is 8.82. The minimum Gasteiger partial charge on any atom is -0.456 e. The van der Waals surface area contributed by atoms with E-state index in [0.29, 0.717) is 12.8 Å². The number of esters is 2. The third-order valence-corrected chi connectivity index (χ3v) is 4.06. The average Bonchev–Trinajstić information content (AvgIpc) is 2.61. The summed E-state index contributed by atoms with van der Waals surface area (Å²) in [5.41, 5.74) is 0.883. The molecule has 1 aliphatic heterocycles. The molecule has 27 heavy (non-hydrogen) atoms. The van der Waals surface area contributed by atoms with Gasteiger partial charge in [-0.05, 0) is 25.3 Å². The smallest absolute Gasteiger partial charge is 0.407 e. The van der Waals surface area contributed by atoms with Crippen molar-refractivity contribution in [1.82, 2.24) is 5.32 Å². The largest absolute Gasteiger partial charge is 0.456 e. The van der Waals surface area contributed by atoms with Crippen molar-refractivity contribution in [3.63, 3.8) is 0 Å². The van der Waals surface area contributed by atoms with Crippen molar-refractivity contribution in [2.75, 3.05) is 0 Å². The normalized spacial score (nSPS) is 23.0. The standard InChI is InChI=1S/C19H25NO7/c1-12(20-19(23)24-11-15-7-5-4-6-8-15)16-9-10-17(25-13(2)21)18(27-16)26-14(3)22/h4-8,12,16-18H,9-11H2,1-3H3,(H,20,23). The fraction of sp³-hybridized carbons (Fsp3) is 0.526. The molecule has 1 saturated heterocycles. The number of carbonyl (C=O) groups excluding carboxylic acids is 3. The van der Waals surface area contributed by atoms with E-state index in [1.165, 1.54) is 13.8 Å². The number of alkyl carbamates (subject to hydrolysis) is 1. The van der Waals surface area contributed by atoms with Crippen LogP contribution in [0.5, 0.6) is 0 Å². The van der Waals surface area contributed by atoms with Crippen LogP contribution in [0.4, 0.5) is 4.79 Å². The van der Waals surface area contributed by atoms with Crippen molar-refractivity contribution in [3.8, 4) is 0 Å². The molecule has 1 N–H and O–H groups in total. The first-order chi connectivity index (χ1) is 12.8. The molecule has 0 spiro atoms. The lowest BCUT2D eigenvalue weighted by Crippen LogP contribution is -2.51. The number of hydrogen-bond donors (Lipinski definition) is 1. The maximum Gasteiger partial charge on any atom is 0.407 e. The van der Waals surface area contributed by atoms with Crippen LogP contribution < -0.4 is 5.32 Å². The minimum atomic E-state index is -1.00. The summed E-state index contributed by atoms with van der Waals surface area (Å²) in [5.74, 6) is -1.02. The summed E-state index contributed by atoms with van der Waals surface area (Å²) in [6.45, 7) is 4.46. The third kappa shape index (κ3) is 6.90. The van der Waals surface area contributed by atoms with Gasteiger partial charge in [-0.2, -0.15) is 0 Å². The van der Waals surface area contributed by atoms with Gasteiger partial charge in [-0.3, -0.25) is 9.59 Å². The monoisotopic (exact) mass is 379 g/mol. The fourth-order valence-corrected chi connectivity index (χ4v) is 2.80. The minimum absolute atomic E-state index is 0.162. The van der Waals surface area contributed by atoms with E-state index in [-0.39, 0.29) is 12.6 Å². The molecule has 4 unspecified atom stereocenters. The molecule has 1 aliphatic rings. The summed E-state index contributed by atoms with van der Waals surface area (Å²) in [7, 11) is 0. The Kier molecular flexibility index (Phi) is 7.60. The van der Waals surface area contributed by atoms with Gasteiger partial charge in [-0.15, -0.1) is 0 Å².